The summed E-state index contributed by atoms with van der Waals surface area (Å²) in [6.45, 7) is 2.87. The van der Waals surface area contributed by atoms with Crippen LogP contribution in [0.4, 0.5) is 0 Å². The summed E-state index contributed by atoms with van der Waals surface area (Å²) in [5, 5.41) is 0.728. The SMILES string of the molecule is Clc1ccc(-c2ncc3c(n2)CN(Cc2ccccc2)CC3)cc1. The summed E-state index contributed by atoms with van der Waals surface area (Å²) in [6, 6.07) is 18.3. The number of hydrogen-bond acceptors (Lipinski definition) is 3. The number of hydrogen-bond donors (Lipinski definition) is 0. The van der Waals surface area contributed by atoms with Gasteiger partial charge < -0.3 is 0 Å². The standard InChI is InChI=1S/C20H18ClN3/c21-18-8-6-16(7-9-18)20-22-12-17-10-11-24(14-19(17)23-20)13-15-4-2-1-3-5-15/h1-9,12H,10-11,13-14H2. The third-order valence-corrected chi connectivity index (χ3v) is 4.63. The molecule has 1 aliphatic rings. The van der Waals surface area contributed by atoms with Crippen LogP contribution in [0.25, 0.3) is 11.4 Å². The van der Waals surface area contributed by atoms with E-state index in [-0.39, 0.29) is 0 Å². The maximum Gasteiger partial charge on any atom is 0.159 e. The first-order chi connectivity index (χ1) is 11.8. The molecule has 0 saturated heterocycles. The summed E-state index contributed by atoms with van der Waals surface area (Å²) in [4.78, 5) is 11.8. The first-order valence-electron chi connectivity index (χ1n) is 8.15. The van der Waals surface area contributed by atoms with Gasteiger partial charge in [-0.05, 0) is 41.8 Å². The Bertz CT molecular complexity index is 831. The third kappa shape index (κ3) is 3.32. The zero-order chi connectivity index (χ0) is 16.4. The molecule has 0 saturated carbocycles. The van der Waals surface area contributed by atoms with Gasteiger partial charge in [-0.3, -0.25) is 4.90 Å². The van der Waals surface area contributed by atoms with E-state index in [9.17, 15) is 0 Å². The second-order valence-corrected chi connectivity index (χ2v) is 6.56. The Morgan fingerprint density at radius 1 is 1.00 bits per heavy atom. The molecule has 4 heteroatoms. The average Bonchev–Trinajstić information content (AvgIpc) is 2.63. The smallest absolute Gasteiger partial charge is 0.159 e. The minimum Gasteiger partial charge on any atom is -0.293 e. The molecule has 0 atom stereocenters. The third-order valence-electron chi connectivity index (χ3n) is 4.38. The lowest BCUT2D eigenvalue weighted by molar-refractivity contribution is 0.241. The predicted molar refractivity (Wildman–Crippen MR) is 96.7 cm³/mol. The fourth-order valence-electron chi connectivity index (χ4n) is 3.07. The first kappa shape index (κ1) is 15.3. The highest BCUT2D eigenvalue weighted by Gasteiger charge is 2.19. The van der Waals surface area contributed by atoms with Crippen LogP contribution in [-0.4, -0.2) is 21.4 Å². The minimum absolute atomic E-state index is 0.728. The summed E-state index contributed by atoms with van der Waals surface area (Å²) < 4.78 is 0. The van der Waals surface area contributed by atoms with Crippen LogP contribution in [0.15, 0.2) is 60.8 Å². The van der Waals surface area contributed by atoms with Crippen LogP contribution in [0.5, 0.6) is 0 Å². The van der Waals surface area contributed by atoms with E-state index >= 15 is 0 Å². The molecule has 1 aromatic heterocycles. The van der Waals surface area contributed by atoms with Gasteiger partial charge in [0.25, 0.3) is 0 Å². The molecule has 1 aliphatic heterocycles. The highest BCUT2D eigenvalue weighted by molar-refractivity contribution is 6.30. The molecule has 0 amide bonds. The van der Waals surface area contributed by atoms with Gasteiger partial charge in [0.1, 0.15) is 0 Å². The van der Waals surface area contributed by atoms with Gasteiger partial charge in [0, 0.05) is 36.4 Å². The number of fused-ring (bicyclic) bond motifs is 1. The molecule has 0 fully saturated rings. The maximum atomic E-state index is 5.96. The van der Waals surface area contributed by atoms with E-state index in [2.05, 4.69) is 40.2 Å². The molecule has 120 valence electrons. The van der Waals surface area contributed by atoms with Gasteiger partial charge in [-0.1, -0.05) is 41.9 Å². The van der Waals surface area contributed by atoms with Gasteiger partial charge in [-0.2, -0.15) is 0 Å². The Kier molecular flexibility index (Phi) is 4.28. The fraction of sp³-hybridized carbons (Fsp3) is 0.200. The summed E-state index contributed by atoms with van der Waals surface area (Å²) in [6.07, 6.45) is 2.98. The van der Waals surface area contributed by atoms with Crippen molar-refractivity contribution in [2.75, 3.05) is 6.54 Å². The van der Waals surface area contributed by atoms with Crippen LogP contribution in [-0.2, 0) is 19.5 Å². The molecule has 24 heavy (non-hydrogen) atoms. The van der Waals surface area contributed by atoms with E-state index in [1.54, 1.807) is 0 Å². The Hall–Kier alpha value is -2.23. The number of nitrogens with zero attached hydrogens (tertiary/aromatic N) is 3. The number of aromatic nitrogens is 2. The van der Waals surface area contributed by atoms with Crippen LogP contribution in [0, 0.1) is 0 Å². The van der Waals surface area contributed by atoms with Crippen molar-refractivity contribution >= 4 is 11.6 Å². The molecule has 3 aromatic rings. The Labute approximate surface area is 147 Å². The summed E-state index contributed by atoms with van der Waals surface area (Å²) in [5.41, 5.74) is 4.74. The van der Waals surface area contributed by atoms with E-state index in [0.717, 1.165) is 48.2 Å². The molecule has 2 heterocycles. The lowest BCUT2D eigenvalue weighted by Crippen LogP contribution is -2.31. The molecule has 0 bridgehead atoms. The topological polar surface area (TPSA) is 29.0 Å². The monoisotopic (exact) mass is 335 g/mol. The van der Waals surface area contributed by atoms with E-state index < -0.39 is 0 Å². The lowest BCUT2D eigenvalue weighted by atomic mass is 10.1. The van der Waals surface area contributed by atoms with Crippen LogP contribution >= 0.6 is 11.6 Å². The second kappa shape index (κ2) is 6.71. The van der Waals surface area contributed by atoms with Crippen LogP contribution < -0.4 is 0 Å². The number of rotatable bonds is 3. The van der Waals surface area contributed by atoms with Crippen molar-refractivity contribution in [3.8, 4) is 11.4 Å². The molecule has 0 spiro atoms. The van der Waals surface area contributed by atoms with Gasteiger partial charge in [0.15, 0.2) is 5.82 Å². The van der Waals surface area contributed by atoms with Gasteiger partial charge >= 0.3 is 0 Å². The summed E-state index contributed by atoms with van der Waals surface area (Å²) >= 11 is 5.96. The van der Waals surface area contributed by atoms with Crippen molar-refractivity contribution in [2.45, 2.75) is 19.5 Å². The summed E-state index contributed by atoms with van der Waals surface area (Å²) in [7, 11) is 0. The number of benzene rings is 2. The fourth-order valence-corrected chi connectivity index (χ4v) is 3.20. The maximum absolute atomic E-state index is 5.96. The molecule has 2 aromatic carbocycles. The zero-order valence-corrected chi connectivity index (χ0v) is 14.1. The zero-order valence-electron chi connectivity index (χ0n) is 13.3. The van der Waals surface area contributed by atoms with Crippen LogP contribution in [0.2, 0.25) is 5.02 Å². The molecular weight excluding hydrogens is 318 g/mol. The molecule has 0 aliphatic carbocycles. The summed E-state index contributed by atoms with van der Waals surface area (Å²) in [5.74, 6) is 0.770. The van der Waals surface area contributed by atoms with Gasteiger partial charge in [-0.25, -0.2) is 9.97 Å². The van der Waals surface area contributed by atoms with E-state index in [1.165, 1.54) is 11.1 Å². The molecule has 0 radical (unpaired) electrons. The predicted octanol–water partition coefficient (Wildman–Crippen LogP) is 4.36. The van der Waals surface area contributed by atoms with E-state index in [1.807, 2.05) is 30.5 Å². The van der Waals surface area contributed by atoms with Crippen molar-refractivity contribution in [3.05, 3.63) is 82.6 Å². The van der Waals surface area contributed by atoms with E-state index in [0.29, 0.717) is 0 Å². The molecule has 4 rings (SSSR count). The first-order valence-corrected chi connectivity index (χ1v) is 8.53. The van der Waals surface area contributed by atoms with Crippen molar-refractivity contribution < 1.29 is 0 Å². The molecular formula is C20H18ClN3. The normalized spacial score (nSPS) is 14.4. The van der Waals surface area contributed by atoms with Crippen molar-refractivity contribution in [1.82, 2.24) is 14.9 Å². The molecule has 0 unspecified atom stereocenters. The van der Waals surface area contributed by atoms with Gasteiger partial charge in [-0.15, -0.1) is 0 Å². The van der Waals surface area contributed by atoms with Crippen molar-refractivity contribution in [3.63, 3.8) is 0 Å². The Balaban J connectivity index is 1.56. The second-order valence-electron chi connectivity index (χ2n) is 6.12. The Morgan fingerprint density at radius 2 is 1.79 bits per heavy atom. The minimum atomic E-state index is 0.728. The quantitative estimate of drug-likeness (QED) is 0.712. The number of halogens is 1. The van der Waals surface area contributed by atoms with Crippen molar-refractivity contribution in [2.24, 2.45) is 0 Å². The van der Waals surface area contributed by atoms with Crippen LogP contribution in [0.3, 0.4) is 0 Å². The van der Waals surface area contributed by atoms with Crippen molar-refractivity contribution in [1.29, 1.82) is 0 Å². The Morgan fingerprint density at radius 3 is 2.58 bits per heavy atom. The van der Waals surface area contributed by atoms with E-state index in [4.69, 9.17) is 16.6 Å². The van der Waals surface area contributed by atoms with Crippen LogP contribution in [0.1, 0.15) is 16.8 Å². The molecule has 0 N–H and O–H groups in total. The highest BCUT2D eigenvalue weighted by atomic mass is 35.5. The largest absolute Gasteiger partial charge is 0.293 e. The molecule has 3 nitrogen and oxygen atoms in total. The average molecular weight is 336 g/mol. The van der Waals surface area contributed by atoms with Gasteiger partial charge in [0.05, 0.1) is 5.69 Å². The van der Waals surface area contributed by atoms with Gasteiger partial charge in [0.2, 0.25) is 0 Å². The lowest BCUT2D eigenvalue weighted by Gasteiger charge is -2.28. The highest BCUT2D eigenvalue weighted by Crippen LogP contribution is 2.23.